The van der Waals surface area contributed by atoms with Gasteiger partial charge in [0.2, 0.25) is 17.7 Å². The van der Waals surface area contributed by atoms with Crippen LogP contribution in [0.3, 0.4) is 0 Å². The van der Waals surface area contributed by atoms with E-state index in [2.05, 4.69) is 15.5 Å². The molecule has 0 radical (unpaired) electrons. The Morgan fingerprint density at radius 3 is 2.41 bits per heavy atom. The number of hydrogen-bond acceptors (Lipinski definition) is 7. The first-order chi connectivity index (χ1) is 18.0. The lowest BCUT2D eigenvalue weighted by molar-refractivity contribution is -0.122. The zero-order chi connectivity index (χ0) is 25.6. The Kier molecular flexibility index (Phi) is 7.53. The van der Waals surface area contributed by atoms with Crippen LogP contribution in [0.25, 0.3) is 17.5 Å². The molecule has 184 valence electrons. The van der Waals surface area contributed by atoms with E-state index < -0.39 is 0 Å². The molecule has 2 amide bonds. The van der Waals surface area contributed by atoms with E-state index in [4.69, 9.17) is 16.6 Å². The van der Waals surface area contributed by atoms with Crippen molar-refractivity contribution in [2.24, 2.45) is 0 Å². The van der Waals surface area contributed by atoms with Crippen molar-refractivity contribution in [1.82, 2.24) is 15.1 Å². The molecular weight excluding hydrogens is 504 g/mol. The summed E-state index contributed by atoms with van der Waals surface area (Å²) in [6, 6.07) is 26.7. The van der Waals surface area contributed by atoms with Gasteiger partial charge in [0, 0.05) is 24.2 Å². The van der Waals surface area contributed by atoms with Crippen molar-refractivity contribution in [2.75, 3.05) is 11.9 Å². The van der Waals surface area contributed by atoms with Crippen LogP contribution < -0.4 is 5.32 Å². The Bertz CT molecular complexity index is 1450. The monoisotopic (exact) mass is 526 g/mol. The lowest BCUT2D eigenvalue weighted by Gasteiger charge is -2.14. The molecule has 1 aromatic heterocycles. The maximum absolute atomic E-state index is 12.8. The van der Waals surface area contributed by atoms with Gasteiger partial charge >= 0.3 is 0 Å². The van der Waals surface area contributed by atoms with Gasteiger partial charge < -0.3 is 9.73 Å². The zero-order valence-electron chi connectivity index (χ0n) is 19.7. The Hall–Kier alpha value is -4.08. The maximum atomic E-state index is 12.8. The number of amides is 2. The second-order valence-electron chi connectivity index (χ2n) is 8.28. The summed E-state index contributed by atoms with van der Waals surface area (Å²) in [7, 11) is 0. The van der Waals surface area contributed by atoms with Crippen LogP contribution >= 0.6 is 24.0 Å². The third-order valence-corrected chi connectivity index (χ3v) is 6.99. The normalized spacial score (nSPS) is 14.4. The molecule has 1 saturated heterocycles. The molecule has 1 aliphatic heterocycles. The molecule has 0 aliphatic carbocycles. The van der Waals surface area contributed by atoms with Crippen molar-refractivity contribution in [3.05, 3.63) is 107 Å². The van der Waals surface area contributed by atoms with E-state index in [0.717, 1.165) is 16.7 Å². The van der Waals surface area contributed by atoms with E-state index in [1.807, 2.05) is 91.0 Å². The highest BCUT2D eigenvalue weighted by Gasteiger charge is 2.32. The van der Waals surface area contributed by atoms with Crippen LogP contribution in [0.5, 0.6) is 0 Å². The van der Waals surface area contributed by atoms with Gasteiger partial charge in [-0.05, 0) is 41.5 Å². The Morgan fingerprint density at radius 1 is 0.973 bits per heavy atom. The molecule has 1 N–H and O–H groups in total. The smallest absolute Gasteiger partial charge is 0.266 e. The van der Waals surface area contributed by atoms with Crippen LogP contribution in [-0.2, 0) is 16.0 Å². The summed E-state index contributed by atoms with van der Waals surface area (Å²) in [5.74, 6) is 0.627. The fraction of sp³-hybridized carbons (Fsp3) is 0.107. The number of nitrogens with zero attached hydrogens (tertiary/aromatic N) is 3. The summed E-state index contributed by atoms with van der Waals surface area (Å²) in [6.45, 7) is 0.224. The molecule has 9 heteroatoms. The van der Waals surface area contributed by atoms with E-state index in [1.165, 1.54) is 16.7 Å². The number of carbonyl (C=O) groups excluding carboxylic acids is 2. The van der Waals surface area contributed by atoms with Crippen LogP contribution in [0.15, 0.2) is 94.3 Å². The molecule has 2 heterocycles. The van der Waals surface area contributed by atoms with Gasteiger partial charge in [-0.25, -0.2) is 0 Å². The number of carbonyl (C=O) groups is 2. The lowest BCUT2D eigenvalue weighted by Crippen LogP contribution is -2.31. The average Bonchev–Trinajstić information content (AvgIpc) is 3.49. The fourth-order valence-electron chi connectivity index (χ4n) is 3.73. The molecule has 5 rings (SSSR count). The van der Waals surface area contributed by atoms with Crippen molar-refractivity contribution < 1.29 is 14.0 Å². The molecule has 3 aromatic carbocycles. The number of thiocarbonyl (C=S) groups is 1. The number of hydrogen-bond donors (Lipinski definition) is 1. The number of benzene rings is 3. The van der Waals surface area contributed by atoms with Gasteiger partial charge in [-0.2, -0.15) is 0 Å². The van der Waals surface area contributed by atoms with Gasteiger partial charge in [-0.15, -0.1) is 10.2 Å². The molecule has 7 nitrogen and oxygen atoms in total. The highest BCUT2D eigenvalue weighted by Crippen LogP contribution is 2.32. The molecular formula is C28H22N4O3S2. The summed E-state index contributed by atoms with van der Waals surface area (Å²) in [5.41, 5.74) is 3.44. The van der Waals surface area contributed by atoms with Crippen LogP contribution in [0, 0.1) is 0 Å². The third kappa shape index (κ3) is 6.19. The van der Waals surface area contributed by atoms with Gasteiger partial charge in [0.05, 0.1) is 11.3 Å². The quantitative estimate of drug-likeness (QED) is 0.238. The predicted molar refractivity (Wildman–Crippen MR) is 149 cm³/mol. The Balaban J connectivity index is 1.12. The van der Waals surface area contributed by atoms with Crippen LogP contribution in [0.1, 0.15) is 23.4 Å². The number of anilines is 1. The molecule has 4 aromatic rings. The summed E-state index contributed by atoms with van der Waals surface area (Å²) < 4.78 is 6.23. The molecule has 37 heavy (non-hydrogen) atoms. The summed E-state index contributed by atoms with van der Waals surface area (Å²) in [6.07, 6.45) is 2.44. The van der Waals surface area contributed by atoms with E-state index in [0.29, 0.717) is 33.1 Å². The fourth-order valence-corrected chi connectivity index (χ4v) is 5.04. The van der Waals surface area contributed by atoms with Crippen molar-refractivity contribution in [3.63, 3.8) is 0 Å². The third-order valence-electron chi connectivity index (χ3n) is 5.61. The van der Waals surface area contributed by atoms with Crippen molar-refractivity contribution >= 4 is 51.9 Å². The minimum atomic E-state index is -0.196. The first-order valence-corrected chi connectivity index (χ1v) is 12.8. The van der Waals surface area contributed by atoms with Crippen molar-refractivity contribution in [1.29, 1.82) is 0 Å². The lowest BCUT2D eigenvalue weighted by atomic mass is 10.1. The minimum Gasteiger partial charge on any atom is -0.420 e. The molecule has 0 spiro atoms. The summed E-state index contributed by atoms with van der Waals surface area (Å²) in [5, 5.41) is 11.1. The number of thioether (sulfide) groups is 1. The Morgan fingerprint density at radius 2 is 1.68 bits per heavy atom. The second-order valence-corrected chi connectivity index (χ2v) is 9.96. The summed E-state index contributed by atoms with van der Waals surface area (Å²) in [4.78, 5) is 27.3. The average molecular weight is 527 g/mol. The maximum Gasteiger partial charge on any atom is 0.266 e. The van der Waals surface area contributed by atoms with E-state index in [9.17, 15) is 9.59 Å². The molecule has 0 atom stereocenters. The highest BCUT2D eigenvalue weighted by molar-refractivity contribution is 8.26. The van der Waals surface area contributed by atoms with E-state index in [-0.39, 0.29) is 24.8 Å². The topological polar surface area (TPSA) is 88.3 Å². The van der Waals surface area contributed by atoms with E-state index >= 15 is 0 Å². The standard InChI is InChI=1S/C28H22N4O3S2/c33-24(15-16-32-27(34)23(37-28(32)36)17-19-7-3-1-4-8-19)29-22-13-11-20(12-14-22)18-25-30-31-26(35-25)21-9-5-2-6-10-21/h1-14,17H,15-16,18H2,(H,29,33)/b23-17-. The van der Waals surface area contributed by atoms with Crippen LogP contribution in [0.4, 0.5) is 5.69 Å². The van der Waals surface area contributed by atoms with E-state index in [1.54, 1.807) is 0 Å². The molecule has 1 fully saturated rings. The molecule has 0 bridgehead atoms. The van der Waals surface area contributed by atoms with Gasteiger partial charge in [0.25, 0.3) is 5.91 Å². The molecule has 0 saturated carbocycles. The van der Waals surface area contributed by atoms with Crippen molar-refractivity contribution in [3.8, 4) is 11.5 Å². The molecule has 1 aliphatic rings. The number of rotatable bonds is 8. The number of nitrogens with one attached hydrogen (secondary N) is 1. The first kappa shape index (κ1) is 24.6. The van der Waals surface area contributed by atoms with Gasteiger partial charge in [-0.3, -0.25) is 14.5 Å². The zero-order valence-corrected chi connectivity index (χ0v) is 21.3. The minimum absolute atomic E-state index is 0.136. The second kappa shape index (κ2) is 11.3. The largest absolute Gasteiger partial charge is 0.420 e. The SMILES string of the molecule is O=C(CCN1C(=O)/C(=C/c2ccccc2)SC1=S)Nc1ccc(Cc2nnc(-c3ccccc3)o2)cc1. The Labute approximate surface area is 223 Å². The van der Waals surface area contributed by atoms with Crippen molar-refractivity contribution in [2.45, 2.75) is 12.8 Å². The van der Waals surface area contributed by atoms with Crippen LogP contribution in [0.2, 0.25) is 0 Å². The number of aromatic nitrogens is 2. The predicted octanol–water partition coefficient (Wildman–Crippen LogP) is 5.56. The van der Waals surface area contributed by atoms with Gasteiger partial charge in [-0.1, -0.05) is 84.6 Å². The molecule has 0 unspecified atom stereocenters. The van der Waals surface area contributed by atoms with Gasteiger partial charge in [0.15, 0.2) is 0 Å². The van der Waals surface area contributed by atoms with Crippen LogP contribution in [-0.4, -0.2) is 37.8 Å². The van der Waals surface area contributed by atoms with Gasteiger partial charge in [0.1, 0.15) is 4.32 Å². The summed E-state index contributed by atoms with van der Waals surface area (Å²) >= 11 is 6.62. The highest BCUT2D eigenvalue weighted by atomic mass is 32.2. The first-order valence-electron chi connectivity index (χ1n) is 11.6.